The van der Waals surface area contributed by atoms with E-state index in [2.05, 4.69) is 9.47 Å². The summed E-state index contributed by atoms with van der Waals surface area (Å²) < 4.78 is 14.5. The first-order chi connectivity index (χ1) is 12.9. The van der Waals surface area contributed by atoms with Crippen LogP contribution >= 0.6 is 0 Å². The number of nitro groups is 1. The molecular weight excluding hydrogens is 360 g/mol. The van der Waals surface area contributed by atoms with Crippen LogP contribution in [0.4, 0.5) is 11.4 Å². The summed E-state index contributed by atoms with van der Waals surface area (Å²) in [6.07, 6.45) is 0. The van der Waals surface area contributed by atoms with Crippen LogP contribution in [-0.2, 0) is 23.8 Å². The standard InChI is InChI=1S/C16H12N4O7/c1-25-15(21)11-7-27-8-19(14(11)16(22)26-2)12-3-9(5-17)10(6-18)4-13(12)20(23)24/h3-4H,7-8H2,1-2H3. The maximum atomic E-state index is 12.3. The molecular formula is C16H12N4O7. The highest BCUT2D eigenvalue weighted by Gasteiger charge is 2.36. The van der Waals surface area contributed by atoms with Gasteiger partial charge in [-0.1, -0.05) is 0 Å². The van der Waals surface area contributed by atoms with E-state index in [9.17, 15) is 25.0 Å². The van der Waals surface area contributed by atoms with Gasteiger partial charge in [0.1, 0.15) is 30.3 Å². The summed E-state index contributed by atoms with van der Waals surface area (Å²) in [4.78, 5) is 36.0. The second-order valence-electron chi connectivity index (χ2n) is 5.08. The summed E-state index contributed by atoms with van der Waals surface area (Å²) in [7, 11) is 2.17. The van der Waals surface area contributed by atoms with Gasteiger partial charge in [0.2, 0.25) is 0 Å². The van der Waals surface area contributed by atoms with Crippen LogP contribution in [-0.4, -0.2) is 44.4 Å². The molecule has 27 heavy (non-hydrogen) atoms. The van der Waals surface area contributed by atoms with Crippen molar-refractivity contribution in [2.24, 2.45) is 0 Å². The van der Waals surface area contributed by atoms with Crippen LogP contribution in [0, 0.1) is 32.8 Å². The van der Waals surface area contributed by atoms with Crippen molar-refractivity contribution in [1.29, 1.82) is 10.5 Å². The van der Waals surface area contributed by atoms with Crippen LogP contribution in [0.2, 0.25) is 0 Å². The lowest BCUT2D eigenvalue weighted by atomic mass is 10.0. The van der Waals surface area contributed by atoms with Gasteiger partial charge in [-0.25, -0.2) is 9.59 Å². The number of hydrogen-bond donors (Lipinski definition) is 0. The summed E-state index contributed by atoms with van der Waals surface area (Å²) in [6.45, 7) is -0.606. The molecule has 1 aromatic rings. The molecule has 0 bridgehead atoms. The molecule has 0 saturated carbocycles. The van der Waals surface area contributed by atoms with Gasteiger partial charge in [-0.15, -0.1) is 0 Å². The molecule has 0 N–H and O–H groups in total. The van der Waals surface area contributed by atoms with Crippen LogP contribution in [0.15, 0.2) is 23.4 Å². The fourth-order valence-corrected chi connectivity index (χ4v) is 2.46. The smallest absolute Gasteiger partial charge is 0.355 e. The van der Waals surface area contributed by atoms with Crippen molar-refractivity contribution >= 4 is 23.3 Å². The summed E-state index contributed by atoms with van der Waals surface area (Å²) in [6, 6.07) is 5.44. The summed E-state index contributed by atoms with van der Waals surface area (Å²) in [5, 5.41) is 29.8. The third-order valence-corrected chi connectivity index (χ3v) is 3.68. The predicted molar refractivity (Wildman–Crippen MR) is 86.9 cm³/mol. The molecule has 0 aliphatic carbocycles. The Labute approximate surface area is 152 Å². The lowest BCUT2D eigenvalue weighted by molar-refractivity contribution is -0.384. The number of carbonyl (C=O) groups is 2. The lowest BCUT2D eigenvalue weighted by Crippen LogP contribution is -2.39. The molecule has 0 spiro atoms. The van der Waals surface area contributed by atoms with Gasteiger partial charge in [0.05, 0.1) is 42.4 Å². The van der Waals surface area contributed by atoms with Gasteiger partial charge in [-0.2, -0.15) is 10.5 Å². The Morgan fingerprint density at radius 3 is 2.30 bits per heavy atom. The molecule has 0 unspecified atom stereocenters. The van der Waals surface area contributed by atoms with E-state index in [1.165, 1.54) is 0 Å². The Morgan fingerprint density at radius 2 is 1.78 bits per heavy atom. The molecule has 0 saturated heterocycles. The van der Waals surface area contributed by atoms with E-state index in [1.54, 1.807) is 12.1 Å². The Hall–Kier alpha value is -3.96. The van der Waals surface area contributed by atoms with Gasteiger partial charge in [-0.05, 0) is 6.07 Å². The van der Waals surface area contributed by atoms with Crippen molar-refractivity contribution in [2.75, 3.05) is 32.5 Å². The van der Waals surface area contributed by atoms with E-state index >= 15 is 0 Å². The molecule has 1 aliphatic heterocycles. The molecule has 138 valence electrons. The molecule has 0 fully saturated rings. The van der Waals surface area contributed by atoms with Gasteiger partial charge >= 0.3 is 11.9 Å². The number of nitro benzene ring substituents is 1. The minimum atomic E-state index is -0.948. The van der Waals surface area contributed by atoms with Crippen molar-refractivity contribution in [2.45, 2.75) is 0 Å². The number of anilines is 1. The highest BCUT2D eigenvalue weighted by atomic mass is 16.6. The number of esters is 2. The number of nitriles is 2. The number of rotatable bonds is 4. The van der Waals surface area contributed by atoms with E-state index in [0.717, 1.165) is 31.3 Å². The normalized spacial score (nSPS) is 13.4. The molecule has 1 heterocycles. The third-order valence-electron chi connectivity index (χ3n) is 3.68. The van der Waals surface area contributed by atoms with Crippen LogP contribution in [0.25, 0.3) is 0 Å². The molecule has 0 radical (unpaired) electrons. The molecule has 0 atom stereocenters. The average molecular weight is 372 g/mol. The Bertz CT molecular complexity index is 939. The predicted octanol–water partition coefficient (Wildman–Crippen LogP) is 0.732. The van der Waals surface area contributed by atoms with Gasteiger partial charge in [0.15, 0.2) is 0 Å². The molecule has 0 aromatic heterocycles. The fourth-order valence-electron chi connectivity index (χ4n) is 2.46. The van der Waals surface area contributed by atoms with Crippen LogP contribution < -0.4 is 4.90 Å². The van der Waals surface area contributed by atoms with Gasteiger partial charge < -0.3 is 19.1 Å². The van der Waals surface area contributed by atoms with Crippen molar-refractivity contribution in [3.05, 3.63) is 44.6 Å². The highest BCUT2D eigenvalue weighted by molar-refractivity contribution is 6.04. The molecule has 11 heteroatoms. The summed E-state index contributed by atoms with van der Waals surface area (Å²) >= 11 is 0. The minimum Gasteiger partial charge on any atom is -0.466 e. The monoisotopic (exact) mass is 372 g/mol. The maximum absolute atomic E-state index is 12.3. The zero-order valence-corrected chi connectivity index (χ0v) is 14.2. The first kappa shape index (κ1) is 19.4. The molecule has 1 aliphatic rings. The van der Waals surface area contributed by atoms with E-state index in [1.807, 2.05) is 0 Å². The van der Waals surface area contributed by atoms with E-state index in [-0.39, 0.29) is 41.4 Å². The molecule has 1 aromatic carbocycles. The summed E-state index contributed by atoms with van der Waals surface area (Å²) in [5.74, 6) is -1.83. The maximum Gasteiger partial charge on any atom is 0.355 e. The van der Waals surface area contributed by atoms with Gasteiger partial charge in [0.25, 0.3) is 5.69 Å². The third kappa shape index (κ3) is 3.53. The summed E-state index contributed by atoms with van der Waals surface area (Å²) in [5.41, 5.74) is -1.63. The number of hydrogen-bond acceptors (Lipinski definition) is 10. The number of methoxy groups -OCH3 is 2. The lowest BCUT2D eigenvalue weighted by Gasteiger charge is -2.31. The number of nitrogens with zero attached hydrogens (tertiary/aromatic N) is 4. The molecule has 2 rings (SSSR count). The van der Waals surface area contributed by atoms with Crippen LogP contribution in [0.1, 0.15) is 11.1 Å². The highest BCUT2D eigenvalue weighted by Crippen LogP contribution is 2.36. The van der Waals surface area contributed by atoms with Crippen molar-refractivity contribution in [3.8, 4) is 12.1 Å². The zero-order valence-electron chi connectivity index (χ0n) is 14.2. The number of carbonyl (C=O) groups excluding carboxylic acids is 2. The first-order valence-corrected chi connectivity index (χ1v) is 7.27. The van der Waals surface area contributed by atoms with Crippen molar-refractivity contribution in [1.82, 2.24) is 0 Å². The van der Waals surface area contributed by atoms with Gasteiger partial charge in [-0.3, -0.25) is 10.1 Å². The molecule has 0 amide bonds. The second kappa shape index (κ2) is 7.95. The van der Waals surface area contributed by atoms with Crippen molar-refractivity contribution < 1.29 is 28.7 Å². The topological polar surface area (TPSA) is 156 Å². The SMILES string of the molecule is COC(=O)C1=C(C(=O)OC)N(c2cc(C#N)c(C#N)cc2[N+](=O)[O-])COC1. The Kier molecular flexibility index (Phi) is 5.70. The Balaban J connectivity index is 2.80. The fraction of sp³-hybridized carbons (Fsp3) is 0.250. The van der Waals surface area contributed by atoms with Gasteiger partial charge in [0, 0.05) is 6.07 Å². The Morgan fingerprint density at radius 1 is 1.19 bits per heavy atom. The zero-order chi connectivity index (χ0) is 20.1. The van der Waals surface area contributed by atoms with Crippen LogP contribution in [0.5, 0.6) is 0 Å². The van der Waals surface area contributed by atoms with Crippen molar-refractivity contribution in [3.63, 3.8) is 0 Å². The minimum absolute atomic E-state index is 0.146. The van der Waals surface area contributed by atoms with E-state index in [4.69, 9.17) is 10.00 Å². The first-order valence-electron chi connectivity index (χ1n) is 7.27. The average Bonchev–Trinajstić information content (AvgIpc) is 2.70. The van der Waals surface area contributed by atoms with E-state index in [0.29, 0.717) is 0 Å². The number of ether oxygens (including phenoxy) is 3. The quantitative estimate of drug-likeness (QED) is 0.419. The number of benzene rings is 1. The molecule has 11 nitrogen and oxygen atoms in total. The van der Waals surface area contributed by atoms with Crippen LogP contribution in [0.3, 0.4) is 0 Å². The second-order valence-corrected chi connectivity index (χ2v) is 5.08. The largest absolute Gasteiger partial charge is 0.466 e. The van der Waals surface area contributed by atoms with E-state index < -0.39 is 22.5 Å².